The van der Waals surface area contributed by atoms with E-state index in [9.17, 15) is 0 Å². The Morgan fingerprint density at radius 2 is 0.647 bits per heavy atom. The standard InChI is InChI=1S/C34H74O13Si4/c1-13-25-48(37-15-3,38-16-4)33(50(41-19-7,42-20-8)43-21-9)31(29-27-35-29)47-32(30-28-36-30)34(49(26-14-2,39-17-5)40-18-6)51(44-22-10,45-23-11)46-24-12/h29-34H,13-28H2,1-12H3. The van der Waals surface area contributed by atoms with Crippen molar-refractivity contribution in [2.45, 2.75) is 143 Å². The van der Waals surface area contributed by atoms with Crippen LogP contribution in [-0.2, 0) is 58.5 Å². The van der Waals surface area contributed by atoms with Gasteiger partial charge in [-0.25, -0.2) is 0 Å². The summed E-state index contributed by atoms with van der Waals surface area (Å²) >= 11 is 0. The molecule has 0 aromatic heterocycles. The van der Waals surface area contributed by atoms with Gasteiger partial charge in [0.1, 0.15) is 22.5 Å². The third-order valence-corrected chi connectivity index (χ3v) is 28.1. The summed E-state index contributed by atoms with van der Waals surface area (Å²) in [6, 6.07) is 1.40. The molecule has 0 amide bonds. The molecule has 0 saturated carbocycles. The first kappa shape index (κ1) is 47.5. The lowest BCUT2D eigenvalue weighted by molar-refractivity contribution is -0.0669. The van der Waals surface area contributed by atoms with E-state index in [1.165, 1.54) is 0 Å². The van der Waals surface area contributed by atoms with Gasteiger partial charge in [0, 0.05) is 66.1 Å². The van der Waals surface area contributed by atoms with Gasteiger partial charge in [0.05, 0.1) is 25.4 Å². The van der Waals surface area contributed by atoms with E-state index < -0.39 is 57.3 Å². The van der Waals surface area contributed by atoms with Gasteiger partial charge in [-0.05, 0) is 81.3 Å². The molecule has 0 N–H and O–H groups in total. The van der Waals surface area contributed by atoms with Gasteiger partial charge < -0.3 is 58.5 Å². The van der Waals surface area contributed by atoms with Crippen molar-refractivity contribution in [1.82, 2.24) is 0 Å². The van der Waals surface area contributed by atoms with Crippen molar-refractivity contribution < 1.29 is 58.5 Å². The topological polar surface area (TPSA) is 127 Å². The van der Waals surface area contributed by atoms with Crippen LogP contribution in [0.2, 0.25) is 22.4 Å². The quantitative estimate of drug-likeness (QED) is 0.0534. The van der Waals surface area contributed by atoms with Crippen molar-refractivity contribution >= 4 is 34.7 Å². The zero-order valence-corrected chi connectivity index (χ0v) is 38.1. The maximum absolute atomic E-state index is 7.69. The Kier molecular flexibility index (Phi) is 22.4. The van der Waals surface area contributed by atoms with Gasteiger partial charge in [-0.1, -0.05) is 26.7 Å². The molecule has 0 aromatic carbocycles. The summed E-state index contributed by atoms with van der Waals surface area (Å²) < 4.78 is 88.3. The van der Waals surface area contributed by atoms with Crippen molar-refractivity contribution in [1.29, 1.82) is 0 Å². The van der Waals surface area contributed by atoms with E-state index in [1.54, 1.807) is 0 Å². The van der Waals surface area contributed by atoms with Gasteiger partial charge in [0.25, 0.3) is 0 Å². The molecule has 2 heterocycles. The minimum Gasteiger partial charge on any atom is -0.394 e. The molecule has 2 fully saturated rings. The molecule has 2 aliphatic rings. The van der Waals surface area contributed by atoms with Crippen LogP contribution in [0.5, 0.6) is 0 Å². The summed E-state index contributed by atoms with van der Waals surface area (Å²) in [5.41, 5.74) is 0. The summed E-state index contributed by atoms with van der Waals surface area (Å²) in [5, 5.41) is -0.995. The Balaban J connectivity index is 3.07. The van der Waals surface area contributed by atoms with Gasteiger partial charge in [-0.15, -0.1) is 0 Å². The molecule has 6 unspecified atom stereocenters. The summed E-state index contributed by atoms with van der Waals surface area (Å²) in [6.45, 7) is 29.4. The fourth-order valence-corrected chi connectivity index (χ4v) is 27.7. The van der Waals surface area contributed by atoms with Crippen molar-refractivity contribution in [2.75, 3.05) is 79.3 Å². The predicted octanol–water partition coefficient (Wildman–Crippen LogP) is 6.30. The summed E-state index contributed by atoms with van der Waals surface area (Å²) in [5.74, 6) is 0. The molecule has 13 nitrogen and oxygen atoms in total. The molecule has 2 aliphatic heterocycles. The van der Waals surface area contributed by atoms with E-state index in [0.29, 0.717) is 91.4 Å². The van der Waals surface area contributed by atoms with Crippen LogP contribution in [0.15, 0.2) is 0 Å². The molecular weight excluding hydrogens is 729 g/mol. The lowest BCUT2D eigenvalue weighted by atomic mass is 10.2. The van der Waals surface area contributed by atoms with E-state index >= 15 is 0 Å². The first-order chi connectivity index (χ1) is 24.7. The molecule has 0 aliphatic carbocycles. The minimum absolute atomic E-state index is 0.279. The van der Waals surface area contributed by atoms with E-state index in [4.69, 9.17) is 58.5 Å². The third kappa shape index (κ3) is 12.2. The van der Waals surface area contributed by atoms with Gasteiger partial charge in [-0.2, -0.15) is 0 Å². The number of ether oxygens (including phenoxy) is 3. The normalized spacial score (nSPS) is 20.7. The average molecular weight is 803 g/mol. The largest absolute Gasteiger partial charge is 0.508 e. The highest BCUT2D eigenvalue weighted by Gasteiger charge is 2.72. The maximum atomic E-state index is 7.69. The van der Waals surface area contributed by atoms with Crippen molar-refractivity contribution in [3.05, 3.63) is 0 Å². The highest BCUT2D eigenvalue weighted by atomic mass is 28.4. The van der Waals surface area contributed by atoms with E-state index in [-0.39, 0.29) is 12.2 Å². The van der Waals surface area contributed by atoms with Crippen LogP contribution >= 0.6 is 0 Å². The fraction of sp³-hybridized carbons (Fsp3) is 1.00. The van der Waals surface area contributed by atoms with Gasteiger partial charge >= 0.3 is 34.7 Å². The maximum Gasteiger partial charge on any atom is 0.508 e. The minimum atomic E-state index is -3.62. The lowest BCUT2D eigenvalue weighted by Gasteiger charge is -2.50. The molecule has 0 aromatic rings. The Bertz CT molecular complexity index is 727. The molecule has 0 bridgehead atoms. The van der Waals surface area contributed by atoms with Crippen molar-refractivity contribution in [3.63, 3.8) is 0 Å². The highest BCUT2D eigenvalue weighted by molar-refractivity contribution is 6.87. The van der Waals surface area contributed by atoms with Crippen LogP contribution in [0.25, 0.3) is 0 Å². The van der Waals surface area contributed by atoms with Crippen molar-refractivity contribution in [2.24, 2.45) is 0 Å². The molecule has 2 rings (SSSR count). The van der Waals surface area contributed by atoms with Gasteiger partial charge in [0.2, 0.25) is 0 Å². The number of hydrogen-bond donors (Lipinski definition) is 0. The molecule has 0 radical (unpaired) electrons. The summed E-state index contributed by atoms with van der Waals surface area (Å²) in [7, 11) is -13.7. The van der Waals surface area contributed by atoms with Gasteiger partial charge in [-0.3, -0.25) is 0 Å². The Labute approximate surface area is 314 Å². The Morgan fingerprint density at radius 3 is 0.824 bits per heavy atom. The molecule has 2 saturated heterocycles. The Hall–Kier alpha value is 0.348. The molecular formula is C34H74O13Si4. The van der Waals surface area contributed by atoms with E-state index in [2.05, 4.69) is 13.8 Å². The monoisotopic (exact) mass is 802 g/mol. The van der Waals surface area contributed by atoms with Crippen LogP contribution in [0, 0.1) is 0 Å². The lowest BCUT2D eigenvalue weighted by Crippen LogP contribution is -2.69. The van der Waals surface area contributed by atoms with Crippen LogP contribution in [-0.4, -0.2) is 138 Å². The van der Waals surface area contributed by atoms with Crippen molar-refractivity contribution in [3.8, 4) is 0 Å². The first-order valence-electron chi connectivity index (χ1n) is 19.9. The first-order valence-corrected chi connectivity index (χ1v) is 27.8. The fourth-order valence-electron chi connectivity index (χ4n) is 7.59. The Morgan fingerprint density at radius 1 is 0.412 bits per heavy atom. The molecule has 17 heteroatoms. The highest BCUT2D eigenvalue weighted by Crippen LogP contribution is 2.51. The van der Waals surface area contributed by atoms with Crippen LogP contribution < -0.4 is 0 Å². The average Bonchev–Trinajstić information content (AvgIpc) is 4.00. The molecule has 6 atom stereocenters. The predicted molar refractivity (Wildman–Crippen MR) is 205 cm³/mol. The zero-order valence-electron chi connectivity index (χ0n) is 34.1. The second-order valence-corrected chi connectivity index (χ2v) is 25.6. The summed E-state index contributed by atoms with van der Waals surface area (Å²) in [6.07, 6.45) is -0.0737. The van der Waals surface area contributed by atoms with Gasteiger partial charge in [0.15, 0.2) is 0 Å². The SMILES string of the molecule is CCC[Si](OCC)(OCC)C(C(OC(C1CO1)C([Si](CCC)(OCC)OCC)[Si](OCC)(OCC)OCC)C1CO1)[Si](OCC)(OCC)OCC. The zero-order chi connectivity index (χ0) is 38.0. The second kappa shape index (κ2) is 24.1. The molecule has 304 valence electrons. The van der Waals surface area contributed by atoms with E-state index in [1.807, 2.05) is 69.2 Å². The van der Waals surface area contributed by atoms with Crippen LogP contribution in [0.4, 0.5) is 0 Å². The second-order valence-electron chi connectivity index (χ2n) is 12.4. The number of hydrogen-bond acceptors (Lipinski definition) is 13. The smallest absolute Gasteiger partial charge is 0.394 e. The van der Waals surface area contributed by atoms with Crippen LogP contribution in [0.1, 0.15) is 95.9 Å². The summed E-state index contributed by atoms with van der Waals surface area (Å²) in [4.78, 5) is 0. The number of rotatable bonds is 34. The molecule has 51 heavy (non-hydrogen) atoms. The third-order valence-electron chi connectivity index (χ3n) is 8.96. The number of epoxide rings is 2. The van der Waals surface area contributed by atoms with E-state index in [0.717, 1.165) is 12.8 Å². The molecule has 0 spiro atoms. The van der Waals surface area contributed by atoms with Crippen LogP contribution in [0.3, 0.4) is 0 Å².